The van der Waals surface area contributed by atoms with Gasteiger partial charge in [0.2, 0.25) is 0 Å². The van der Waals surface area contributed by atoms with Gasteiger partial charge in [-0.1, -0.05) is 0 Å². The molecule has 0 saturated carbocycles. The van der Waals surface area contributed by atoms with E-state index in [4.69, 9.17) is 5.73 Å². The summed E-state index contributed by atoms with van der Waals surface area (Å²) in [4.78, 5) is 25.5. The SMILES string of the molecule is Cc1c(N)[nH]c(=O)[nH]c1=O. The first kappa shape index (κ1) is 6.60. The van der Waals surface area contributed by atoms with E-state index in [0.29, 0.717) is 5.56 Å². The van der Waals surface area contributed by atoms with Gasteiger partial charge in [-0.3, -0.25) is 14.8 Å². The van der Waals surface area contributed by atoms with E-state index >= 15 is 0 Å². The van der Waals surface area contributed by atoms with Crippen LogP contribution in [0, 0.1) is 6.92 Å². The zero-order chi connectivity index (χ0) is 7.72. The molecule has 1 rings (SSSR count). The Hall–Kier alpha value is -1.52. The van der Waals surface area contributed by atoms with Crippen molar-refractivity contribution in [1.82, 2.24) is 9.97 Å². The number of nitrogen functional groups attached to an aromatic ring is 1. The molecule has 0 aliphatic carbocycles. The van der Waals surface area contributed by atoms with Gasteiger partial charge in [0.05, 0.1) is 5.56 Å². The lowest BCUT2D eigenvalue weighted by Crippen LogP contribution is -2.25. The average molecular weight is 141 g/mol. The summed E-state index contributed by atoms with van der Waals surface area (Å²) >= 11 is 0. The first-order chi connectivity index (χ1) is 4.61. The topological polar surface area (TPSA) is 91.7 Å². The summed E-state index contributed by atoms with van der Waals surface area (Å²) in [5.41, 5.74) is 4.56. The second kappa shape index (κ2) is 2.02. The van der Waals surface area contributed by atoms with Crippen molar-refractivity contribution in [3.8, 4) is 0 Å². The molecule has 0 unspecified atom stereocenters. The second-order valence-electron chi connectivity index (χ2n) is 1.95. The van der Waals surface area contributed by atoms with Crippen LogP contribution >= 0.6 is 0 Å². The van der Waals surface area contributed by atoms with Gasteiger partial charge in [-0.2, -0.15) is 0 Å². The molecule has 0 amide bonds. The van der Waals surface area contributed by atoms with E-state index in [1.54, 1.807) is 0 Å². The van der Waals surface area contributed by atoms with Crippen molar-refractivity contribution >= 4 is 5.82 Å². The number of nitrogens with two attached hydrogens (primary N) is 1. The first-order valence-electron chi connectivity index (χ1n) is 2.70. The molecule has 0 atom stereocenters. The fraction of sp³-hybridized carbons (Fsp3) is 0.200. The Balaban J connectivity index is 3.62. The molecule has 1 heterocycles. The Morgan fingerprint density at radius 2 is 1.90 bits per heavy atom. The van der Waals surface area contributed by atoms with E-state index in [0.717, 1.165) is 0 Å². The molecule has 0 aromatic carbocycles. The maximum atomic E-state index is 10.7. The van der Waals surface area contributed by atoms with Gasteiger partial charge in [0.15, 0.2) is 0 Å². The molecular formula is C5H7N3O2. The molecule has 0 aliphatic heterocycles. The average Bonchev–Trinajstić information content (AvgIpc) is 1.82. The molecule has 54 valence electrons. The Labute approximate surface area is 55.9 Å². The van der Waals surface area contributed by atoms with Gasteiger partial charge in [0.25, 0.3) is 5.56 Å². The summed E-state index contributed by atoms with van der Waals surface area (Å²) in [6.45, 7) is 1.53. The van der Waals surface area contributed by atoms with Crippen LogP contribution in [-0.2, 0) is 0 Å². The standard InChI is InChI=1S/C5H7N3O2/c1-2-3(6)7-5(10)8-4(2)9/h1H3,(H4,6,7,8,9,10). The molecule has 5 heteroatoms. The van der Waals surface area contributed by atoms with Gasteiger partial charge in [-0.15, -0.1) is 0 Å². The summed E-state index contributed by atoms with van der Waals surface area (Å²) in [6, 6.07) is 0. The Kier molecular flexibility index (Phi) is 1.33. The van der Waals surface area contributed by atoms with Crippen molar-refractivity contribution in [2.24, 2.45) is 0 Å². The fourth-order valence-corrected chi connectivity index (χ4v) is 0.566. The van der Waals surface area contributed by atoms with Crippen LogP contribution in [0.15, 0.2) is 9.59 Å². The van der Waals surface area contributed by atoms with E-state index < -0.39 is 11.2 Å². The third-order valence-electron chi connectivity index (χ3n) is 1.22. The highest BCUT2D eigenvalue weighted by atomic mass is 16.2. The minimum atomic E-state index is -0.576. The maximum Gasteiger partial charge on any atom is 0.327 e. The highest BCUT2D eigenvalue weighted by Crippen LogP contribution is 1.92. The lowest BCUT2D eigenvalue weighted by Gasteiger charge is -1.93. The third kappa shape index (κ3) is 0.928. The van der Waals surface area contributed by atoms with Crippen LogP contribution in [0.3, 0.4) is 0 Å². The smallest absolute Gasteiger partial charge is 0.327 e. The largest absolute Gasteiger partial charge is 0.385 e. The van der Waals surface area contributed by atoms with Gasteiger partial charge >= 0.3 is 5.69 Å². The first-order valence-corrected chi connectivity index (χ1v) is 2.70. The zero-order valence-corrected chi connectivity index (χ0v) is 5.39. The van der Waals surface area contributed by atoms with Gasteiger partial charge in [-0.25, -0.2) is 4.79 Å². The third-order valence-corrected chi connectivity index (χ3v) is 1.22. The maximum absolute atomic E-state index is 10.7. The van der Waals surface area contributed by atoms with Gasteiger partial charge in [0, 0.05) is 0 Å². The van der Waals surface area contributed by atoms with Gasteiger partial charge in [-0.05, 0) is 6.92 Å². The van der Waals surface area contributed by atoms with E-state index in [1.807, 2.05) is 4.98 Å². The summed E-state index contributed by atoms with van der Waals surface area (Å²) in [6.07, 6.45) is 0. The number of rotatable bonds is 0. The number of anilines is 1. The minimum absolute atomic E-state index is 0.119. The monoisotopic (exact) mass is 141 g/mol. The van der Waals surface area contributed by atoms with Crippen molar-refractivity contribution in [2.75, 3.05) is 5.73 Å². The highest BCUT2D eigenvalue weighted by molar-refractivity contribution is 5.34. The van der Waals surface area contributed by atoms with Crippen molar-refractivity contribution in [3.05, 3.63) is 26.4 Å². The van der Waals surface area contributed by atoms with Crippen LogP contribution in [0.2, 0.25) is 0 Å². The van der Waals surface area contributed by atoms with Crippen LogP contribution in [-0.4, -0.2) is 9.97 Å². The predicted octanol–water partition coefficient (Wildman–Crippen LogP) is -1.05. The van der Waals surface area contributed by atoms with E-state index in [9.17, 15) is 9.59 Å². The molecule has 0 fully saturated rings. The molecule has 1 aromatic heterocycles. The lowest BCUT2D eigenvalue weighted by atomic mass is 10.3. The molecule has 0 spiro atoms. The number of aromatic amines is 2. The molecule has 0 radical (unpaired) electrons. The normalized spacial score (nSPS) is 9.70. The number of H-pyrrole nitrogens is 2. The molecule has 0 bridgehead atoms. The molecule has 4 N–H and O–H groups in total. The summed E-state index contributed by atoms with van der Waals surface area (Å²) in [5, 5.41) is 0. The molecule has 0 aliphatic rings. The van der Waals surface area contributed by atoms with Crippen LogP contribution in [0.4, 0.5) is 5.82 Å². The summed E-state index contributed by atoms with van der Waals surface area (Å²) < 4.78 is 0. The fourth-order valence-electron chi connectivity index (χ4n) is 0.566. The van der Waals surface area contributed by atoms with Crippen LogP contribution < -0.4 is 17.0 Å². The lowest BCUT2D eigenvalue weighted by molar-refractivity contribution is 1.02. The Morgan fingerprint density at radius 3 is 2.40 bits per heavy atom. The molecule has 5 nitrogen and oxygen atoms in total. The second-order valence-corrected chi connectivity index (χ2v) is 1.95. The predicted molar refractivity (Wildman–Crippen MR) is 36.8 cm³/mol. The van der Waals surface area contributed by atoms with Crippen molar-refractivity contribution < 1.29 is 0 Å². The molecule has 10 heavy (non-hydrogen) atoms. The number of aromatic nitrogens is 2. The van der Waals surface area contributed by atoms with Crippen molar-refractivity contribution in [3.63, 3.8) is 0 Å². The Morgan fingerprint density at radius 1 is 1.30 bits per heavy atom. The van der Waals surface area contributed by atoms with Crippen LogP contribution in [0.5, 0.6) is 0 Å². The molecular weight excluding hydrogens is 134 g/mol. The van der Waals surface area contributed by atoms with Crippen molar-refractivity contribution in [2.45, 2.75) is 6.92 Å². The minimum Gasteiger partial charge on any atom is -0.385 e. The highest BCUT2D eigenvalue weighted by Gasteiger charge is 1.97. The quantitative estimate of drug-likeness (QED) is 0.430. The van der Waals surface area contributed by atoms with Crippen LogP contribution in [0.25, 0.3) is 0 Å². The number of hydrogen-bond donors (Lipinski definition) is 3. The molecule has 0 saturated heterocycles. The molecule has 1 aromatic rings. The van der Waals surface area contributed by atoms with E-state index in [1.165, 1.54) is 6.92 Å². The summed E-state index contributed by atoms with van der Waals surface area (Å²) in [5.74, 6) is 0.119. The van der Waals surface area contributed by atoms with Gasteiger partial charge < -0.3 is 5.73 Å². The number of hydrogen-bond acceptors (Lipinski definition) is 3. The Bertz CT molecular complexity index is 349. The number of nitrogens with one attached hydrogen (secondary N) is 2. The van der Waals surface area contributed by atoms with Crippen molar-refractivity contribution in [1.29, 1.82) is 0 Å². The van der Waals surface area contributed by atoms with Gasteiger partial charge in [0.1, 0.15) is 5.82 Å². The van der Waals surface area contributed by atoms with E-state index in [2.05, 4.69) is 4.98 Å². The van der Waals surface area contributed by atoms with E-state index in [-0.39, 0.29) is 5.82 Å². The zero-order valence-electron chi connectivity index (χ0n) is 5.39. The van der Waals surface area contributed by atoms with Crippen LogP contribution in [0.1, 0.15) is 5.56 Å². The summed E-state index contributed by atoms with van der Waals surface area (Å²) in [7, 11) is 0.